The Morgan fingerprint density at radius 1 is 0.283 bits per heavy atom. The molecule has 0 unspecified atom stereocenters. The lowest BCUT2D eigenvalue weighted by molar-refractivity contribution is -0.272. The van der Waals surface area contributed by atoms with Crippen LogP contribution in [0.3, 0.4) is 0 Å². The number of ether oxygens (including phenoxy) is 2. The van der Waals surface area contributed by atoms with E-state index in [0.29, 0.717) is 69.6 Å². The molecular formula is C104H129F21N6O14. The minimum Gasteiger partial charge on any atom is -0.380 e. The number of hydrogen-bond donors (Lipinski definition) is 7. The normalized spacial score (nSPS) is 27.5. The summed E-state index contributed by atoms with van der Waals surface area (Å²) in [6, 6.07) is 26.2. The van der Waals surface area contributed by atoms with Gasteiger partial charge in [0, 0.05) is 109 Å². The zero-order valence-corrected chi connectivity index (χ0v) is 82.3. The van der Waals surface area contributed by atoms with Crippen molar-refractivity contribution in [1.82, 2.24) is 24.5 Å². The molecule has 5 aromatic rings. The summed E-state index contributed by atoms with van der Waals surface area (Å²) in [5.41, 5.74) is -21.3. The molecule has 10 aliphatic carbocycles. The van der Waals surface area contributed by atoms with Crippen LogP contribution in [0.5, 0.6) is 0 Å². The Hall–Kier alpha value is -8.89. The molecular weight excluding hydrogens is 1960 g/mol. The third kappa shape index (κ3) is 26.8. The highest BCUT2D eigenvalue weighted by atomic mass is 19.4. The van der Waals surface area contributed by atoms with E-state index in [0.717, 1.165) is 154 Å². The molecule has 7 N–H and O–H groups in total. The number of hydrogen-bond acceptors (Lipinski definition) is 15. The first kappa shape index (κ1) is 116. The molecule has 5 aromatic carbocycles. The molecule has 0 spiro atoms. The van der Waals surface area contributed by atoms with Gasteiger partial charge >= 0.3 is 43.2 Å². The van der Waals surface area contributed by atoms with Crippen molar-refractivity contribution in [3.8, 4) is 6.07 Å². The van der Waals surface area contributed by atoms with E-state index in [1.165, 1.54) is 107 Å². The number of benzene rings is 5. The summed E-state index contributed by atoms with van der Waals surface area (Å²) in [5, 5.41) is 77.6. The molecule has 20 nitrogen and oxygen atoms in total. The predicted molar refractivity (Wildman–Crippen MR) is 489 cm³/mol. The summed E-state index contributed by atoms with van der Waals surface area (Å²) < 4.78 is 285. The van der Waals surface area contributed by atoms with Gasteiger partial charge in [-0.1, -0.05) is 67.6 Å². The molecule has 0 saturated heterocycles. The van der Waals surface area contributed by atoms with Crippen molar-refractivity contribution < 1.29 is 161 Å². The van der Waals surface area contributed by atoms with Crippen LogP contribution in [0.15, 0.2) is 121 Å². The summed E-state index contributed by atoms with van der Waals surface area (Å²) >= 11 is 0. The molecule has 5 atom stereocenters. The summed E-state index contributed by atoms with van der Waals surface area (Å²) in [5.74, 6) is -1.41. The molecule has 0 aliphatic heterocycles. The van der Waals surface area contributed by atoms with Gasteiger partial charge in [0.2, 0.25) is 0 Å². The number of carbonyl (C=O) groups is 5. The van der Waals surface area contributed by atoms with Crippen molar-refractivity contribution >= 4 is 29.5 Å². The SMILES string of the molecule is CC1(CC#N)CCC(N(C(=O)c2ccc([C@](C)(O)C(F)(F)F)cc2)C2CC2)CC1.COC1(C)CCC(N(C(=O)c2ccc([C@](C)(O)C(F)(F)F)cc2)C2CC2)CC1.COC1(C)CCC(N(C(=O)c2ccc([C@](C)(O)C(F)(F)F)cc2)C2CC2)CC1.C[C@](O)(c1ccc(C(=O)N(C2CC2)C2CCC(O)(C(F)(F)F)CC2)cc1)C(F)(F)F.C[C@](O)(c1ccc(C(=O)N(C2CC2)C2CCC(O)(C(F)(F)F)CC2)cc1)C(F)(F)F. The summed E-state index contributed by atoms with van der Waals surface area (Å²) in [6.07, 6.45) is -16.3. The van der Waals surface area contributed by atoms with E-state index in [1.54, 1.807) is 14.2 Å². The lowest BCUT2D eigenvalue weighted by Gasteiger charge is -2.41. The Balaban J connectivity index is 0.000000173. The number of nitrogens with zero attached hydrogens (tertiary/aromatic N) is 6. The van der Waals surface area contributed by atoms with Crippen molar-refractivity contribution in [2.24, 2.45) is 5.41 Å². The van der Waals surface area contributed by atoms with Crippen LogP contribution in [-0.4, -0.2) is 230 Å². The van der Waals surface area contributed by atoms with Crippen LogP contribution in [0.1, 0.15) is 334 Å². The van der Waals surface area contributed by atoms with Crippen molar-refractivity contribution in [3.63, 3.8) is 0 Å². The number of halogens is 21. The second-order valence-electron chi connectivity index (χ2n) is 42.6. The van der Waals surface area contributed by atoms with Crippen molar-refractivity contribution in [2.45, 2.75) is 408 Å². The Morgan fingerprint density at radius 3 is 0.559 bits per heavy atom. The lowest BCUT2D eigenvalue weighted by atomic mass is 9.72. The van der Waals surface area contributed by atoms with Gasteiger partial charge in [-0.3, -0.25) is 24.0 Å². The van der Waals surface area contributed by atoms with Crippen molar-refractivity contribution in [3.05, 3.63) is 177 Å². The fourth-order valence-corrected chi connectivity index (χ4v) is 19.8. The topological polar surface area (TPSA) is 285 Å². The number of methoxy groups -OCH3 is 2. The molecule has 806 valence electrons. The highest BCUT2D eigenvalue weighted by Gasteiger charge is 2.61. The molecule has 10 fully saturated rings. The van der Waals surface area contributed by atoms with Crippen LogP contribution < -0.4 is 0 Å². The summed E-state index contributed by atoms with van der Waals surface area (Å²) in [4.78, 5) is 74.2. The summed E-state index contributed by atoms with van der Waals surface area (Å²) in [7, 11) is 3.42. The van der Waals surface area contributed by atoms with Gasteiger partial charge in [-0.2, -0.15) is 97.5 Å². The fourth-order valence-electron chi connectivity index (χ4n) is 19.8. The van der Waals surface area contributed by atoms with Gasteiger partial charge in [0.05, 0.1) is 17.3 Å². The Bertz CT molecular complexity index is 4990. The molecule has 0 radical (unpaired) electrons. The smallest absolute Gasteiger partial charge is 0.380 e. The first-order chi connectivity index (χ1) is 66.8. The van der Waals surface area contributed by atoms with Crippen LogP contribution in [-0.2, 0) is 37.5 Å². The third-order valence-electron chi connectivity index (χ3n) is 31.4. The van der Waals surface area contributed by atoms with Gasteiger partial charge in [0.25, 0.3) is 29.5 Å². The van der Waals surface area contributed by atoms with Gasteiger partial charge in [0.1, 0.15) is 0 Å². The lowest BCUT2D eigenvalue weighted by Crippen LogP contribution is -2.52. The zero-order valence-electron chi connectivity index (χ0n) is 82.3. The Labute approximate surface area is 828 Å². The standard InChI is InChI=1S/C22H27F3N2O2.2C21H28F3NO3.2C20H23F6NO3/c1-20(13-14-26)11-9-18(10-12-20)27(17-7-8-17)19(28)15-3-5-16(6-4-15)21(2,29)22(23,24)25;2*1-19(28-3)12-10-17(11-13-19)25(16-8-9-16)18(26)14-4-6-15(7-5-14)20(2,27)21(22,23)24;2*1-17(29,19(21,22)23)13-4-2-12(3-5-13)16(28)27(14-6-7-14)15-8-10-18(30,11-9-15)20(24,25)26/h3-6,17-18,29H,7-13H2,1-2H3;2*4-7,16-17,27H,8-13H2,1-3H3;2*2-5,14-15,29-30H,6-11H2,1H3/t18?,20?,21-;2*17?,19?,20-;2*15?,17-,18?/m00000/s1. The van der Waals surface area contributed by atoms with E-state index in [-0.39, 0.29) is 136 Å². The number of carbonyl (C=O) groups excluding carboxylic acids is 5. The fraction of sp³-hybridized carbons (Fsp3) is 0.654. The zero-order chi connectivity index (χ0) is 108. The van der Waals surface area contributed by atoms with Crippen molar-refractivity contribution in [2.75, 3.05) is 14.2 Å². The number of nitriles is 1. The quantitative estimate of drug-likeness (QED) is 0.0299. The first-order valence-electron chi connectivity index (χ1n) is 49.0. The van der Waals surface area contributed by atoms with Crippen LogP contribution in [0.4, 0.5) is 92.2 Å². The number of rotatable bonds is 23. The molecule has 0 bridgehead atoms. The second-order valence-corrected chi connectivity index (χ2v) is 42.6. The number of alkyl halides is 21. The van der Waals surface area contributed by atoms with E-state index in [4.69, 9.17) is 14.7 Å². The van der Waals surface area contributed by atoms with Gasteiger partial charge in [0.15, 0.2) is 39.2 Å². The molecule has 5 amide bonds. The minimum atomic E-state index is -4.89. The Morgan fingerprint density at radius 2 is 0.428 bits per heavy atom. The van der Waals surface area contributed by atoms with Crippen LogP contribution in [0.25, 0.3) is 0 Å². The molecule has 0 heterocycles. The first-order valence-corrected chi connectivity index (χ1v) is 49.0. The molecule has 10 aliphatic rings. The average molecular weight is 2090 g/mol. The van der Waals surface area contributed by atoms with Gasteiger partial charge in [-0.15, -0.1) is 0 Å². The van der Waals surface area contributed by atoms with E-state index in [2.05, 4.69) is 26.8 Å². The third-order valence-corrected chi connectivity index (χ3v) is 31.4. The molecule has 15 rings (SSSR count). The molecule has 10 saturated carbocycles. The predicted octanol–water partition coefficient (Wildman–Crippen LogP) is 22.3. The molecule has 41 heteroatoms. The molecule has 0 aromatic heterocycles. The van der Waals surface area contributed by atoms with E-state index in [1.807, 2.05) is 14.7 Å². The van der Waals surface area contributed by atoms with E-state index < -0.39 is 143 Å². The Kier molecular flexibility index (Phi) is 34.7. The van der Waals surface area contributed by atoms with Crippen molar-refractivity contribution in [1.29, 1.82) is 5.26 Å². The summed E-state index contributed by atoms with van der Waals surface area (Å²) in [6.45, 7) is 9.65. The number of aliphatic hydroxyl groups is 7. The number of amides is 5. The largest absolute Gasteiger partial charge is 0.421 e. The van der Waals surface area contributed by atoms with E-state index in [9.17, 15) is 152 Å². The van der Waals surface area contributed by atoms with Crippen LogP contribution in [0.2, 0.25) is 0 Å². The van der Waals surface area contributed by atoms with Gasteiger partial charge < -0.3 is 69.7 Å². The monoisotopic (exact) mass is 2080 g/mol. The van der Waals surface area contributed by atoms with Gasteiger partial charge in [-0.05, 0) is 335 Å². The van der Waals surface area contributed by atoms with E-state index >= 15 is 0 Å². The maximum Gasteiger partial charge on any atom is 0.421 e. The second kappa shape index (κ2) is 43.2. The van der Waals surface area contributed by atoms with Crippen LogP contribution >= 0.6 is 0 Å². The van der Waals surface area contributed by atoms with Gasteiger partial charge in [-0.25, -0.2) is 0 Å². The maximum absolute atomic E-state index is 13.2. The highest BCUT2D eigenvalue weighted by molar-refractivity contribution is 5.97. The average Bonchev–Trinajstić information content (AvgIpc) is 1.31. The molecule has 145 heavy (non-hydrogen) atoms. The maximum atomic E-state index is 13.2. The highest BCUT2D eigenvalue weighted by Crippen LogP contribution is 2.52. The van der Waals surface area contributed by atoms with Crippen LogP contribution in [0, 0.1) is 16.7 Å². The minimum absolute atomic E-state index is 0.00561.